The molecule has 1 heterocycles. The molecule has 0 spiro atoms. The van der Waals surface area contributed by atoms with E-state index >= 15 is 0 Å². The fourth-order valence-electron chi connectivity index (χ4n) is 2.78. The Bertz CT molecular complexity index is 413. The maximum absolute atomic E-state index is 6.04. The van der Waals surface area contributed by atoms with Gasteiger partial charge in [-0.2, -0.15) is 0 Å². The molecule has 3 nitrogen and oxygen atoms in total. The molecule has 3 heteroatoms. The van der Waals surface area contributed by atoms with E-state index in [2.05, 4.69) is 55.0 Å². The smallest absolute Gasteiger partial charge is 0.122 e. The summed E-state index contributed by atoms with van der Waals surface area (Å²) >= 11 is 0. The lowest BCUT2D eigenvalue weighted by Gasteiger charge is -2.32. The fraction of sp³-hybridized carbons (Fsp3) is 0.667. The topological polar surface area (TPSA) is 15.7 Å². The Labute approximate surface area is 129 Å². The summed E-state index contributed by atoms with van der Waals surface area (Å²) in [6, 6.07) is 8.49. The first-order valence-electron chi connectivity index (χ1n) is 8.33. The molecule has 0 bridgehead atoms. The molecule has 1 atom stereocenters. The SMILES string of the molecule is CC[C@@H](C)c1ccccc1OCCCN1CCN(C)CC1. The largest absolute Gasteiger partial charge is 0.493 e. The number of hydrogen-bond acceptors (Lipinski definition) is 3. The van der Waals surface area contributed by atoms with E-state index in [0.29, 0.717) is 5.92 Å². The van der Waals surface area contributed by atoms with Crippen molar-refractivity contribution in [1.29, 1.82) is 0 Å². The fourth-order valence-corrected chi connectivity index (χ4v) is 2.78. The van der Waals surface area contributed by atoms with Crippen LogP contribution in [-0.2, 0) is 0 Å². The van der Waals surface area contributed by atoms with Crippen LogP contribution in [0.4, 0.5) is 0 Å². The molecule has 1 aromatic rings. The third-order valence-corrected chi connectivity index (χ3v) is 4.53. The quantitative estimate of drug-likeness (QED) is 0.717. The normalized spacial score (nSPS) is 18.6. The summed E-state index contributed by atoms with van der Waals surface area (Å²) in [4.78, 5) is 4.94. The highest BCUT2D eigenvalue weighted by Crippen LogP contribution is 2.28. The van der Waals surface area contributed by atoms with Crippen LogP contribution in [0, 0.1) is 0 Å². The molecule has 0 radical (unpaired) electrons. The number of benzene rings is 1. The van der Waals surface area contributed by atoms with Gasteiger partial charge in [0.25, 0.3) is 0 Å². The minimum absolute atomic E-state index is 0.568. The van der Waals surface area contributed by atoms with Crippen molar-refractivity contribution in [2.75, 3.05) is 46.4 Å². The zero-order valence-corrected chi connectivity index (χ0v) is 13.8. The Hall–Kier alpha value is -1.06. The van der Waals surface area contributed by atoms with Gasteiger partial charge in [0.15, 0.2) is 0 Å². The van der Waals surface area contributed by atoms with E-state index in [9.17, 15) is 0 Å². The molecule has 1 fully saturated rings. The van der Waals surface area contributed by atoms with Gasteiger partial charge in [0.1, 0.15) is 5.75 Å². The molecule has 118 valence electrons. The van der Waals surface area contributed by atoms with Crippen LogP contribution in [0.5, 0.6) is 5.75 Å². The highest BCUT2D eigenvalue weighted by molar-refractivity contribution is 5.35. The second-order valence-corrected chi connectivity index (χ2v) is 6.19. The van der Waals surface area contributed by atoms with Gasteiger partial charge in [-0.25, -0.2) is 0 Å². The zero-order chi connectivity index (χ0) is 15.1. The van der Waals surface area contributed by atoms with Crippen molar-refractivity contribution in [3.63, 3.8) is 0 Å². The molecule has 0 aliphatic carbocycles. The van der Waals surface area contributed by atoms with Crippen molar-refractivity contribution < 1.29 is 4.74 Å². The molecular weight excluding hydrogens is 260 g/mol. The average Bonchev–Trinajstić information content (AvgIpc) is 2.53. The highest BCUT2D eigenvalue weighted by atomic mass is 16.5. The molecule has 1 aliphatic heterocycles. The van der Waals surface area contributed by atoms with Crippen LogP contribution < -0.4 is 4.74 Å². The average molecular weight is 290 g/mol. The summed E-state index contributed by atoms with van der Waals surface area (Å²) in [5.41, 5.74) is 1.35. The van der Waals surface area contributed by atoms with E-state index in [-0.39, 0.29) is 0 Å². The number of piperazine rings is 1. The third-order valence-electron chi connectivity index (χ3n) is 4.53. The molecule has 1 aliphatic rings. The van der Waals surface area contributed by atoms with Gasteiger partial charge in [0, 0.05) is 32.7 Å². The van der Waals surface area contributed by atoms with E-state index in [0.717, 1.165) is 31.7 Å². The van der Waals surface area contributed by atoms with Crippen LogP contribution in [0.25, 0.3) is 0 Å². The van der Waals surface area contributed by atoms with Crippen LogP contribution in [0.1, 0.15) is 38.2 Å². The predicted molar refractivity (Wildman–Crippen MR) is 89.2 cm³/mol. The molecule has 0 saturated carbocycles. The molecule has 21 heavy (non-hydrogen) atoms. The van der Waals surface area contributed by atoms with E-state index in [1.54, 1.807) is 0 Å². The van der Waals surface area contributed by atoms with E-state index in [1.165, 1.54) is 31.7 Å². The van der Waals surface area contributed by atoms with Crippen molar-refractivity contribution >= 4 is 0 Å². The van der Waals surface area contributed by atoms with Gasteiger partial charge in [-0.1, -0.05) is 32.0 Å². The van der Waals surface area contributed by atoms with Crippen LogP contribution >= 0.6 is 0 Å². The highest BCUT2D eigenvalue weighted by Gasteiger charge is 2.13. The van der Waals surface area contributed by atoms with Crippen molar-refractivity contribution in [3.8, 4) is 5.75 Å². The number of ether oxygens (including phenoxy) is 1. The van der Waals surface area contributed by atoms with E-state index in [4.69, 9.17) is 4.74 Å². The number of nitrogens with zero attached hydrogens (tertiary/aromatic N) is 2. The van der Waals surface area contributed by atoms with Gasteiger partial charge >= 0.3 is 0 Å². The Kier molecular flexibility index (Phi) is 6.52. The van der Waals surface area contributed by atoms with E-state index < -0.39 is 0 Å². The maximum atomic E-state index is 6.04. The van der Waals surface area contributed by atoms with Gasteiger partial charge in [-0.05, 0) is 37.4 Å². The minimum atomic E-state index is 0.568. The van der Waals surface area contributed by atoms with Crippen LogP contribution in [0.15, 0.2) is 24.3 Å². The lowest BCUT2D eigenvalue weighted by molar-refractivity contribution is 0.145. The summed E-state index contributed by atoms with van der Waals surface area (Å²) in [6.07, 6.45) is 2.26. The van der Waals surface area contributed by atoms with Crippen molar-refractivity contribution in [2.45, 2.75) is 32.6 Å². The molecule has 0 aromatic heterocycles. The third kappa shape index (κ3) is 5.01. The van der Waals surface area contributed by atoms with Gasteiger partial charge in [0.05, 0.1) is 6.61 Å². The Morgan fingerprint density at radius 2 is 1.86 bits per heavy atom. The molecule has 1 saturated heterocycles. The monoisotopic (exact) mass is 290 g/mol. The summed E-state index contributed by atoms with van der Waals surface area (Å²) in [6.45, 7) is 11.2. The number of likely N-dealkylation sites (N-methyl/N-ethyl adjacent to an activating group) is 1. The second kappa shape index (κ2) is 8.40. The molecule has 1 aromatic carbocycles. The first-order valence-corrected chi connectivity index (χ1v) is 8.33. The standard InChI is InChI=1S/C18H30N2O/c1-4-16(2)17-8-5-6-9-18(17)21-15-7-10-20-13-11-19(3)12-14-20/h5-6,8-9,16H,4,7,10-15H2,1-3H3/t16-/m1/s1. The Balaban J connectivity index is 1.73. The van der Waals surface area contributed by atoms with Gasteiger partial charge in [-0.15, -0.1) is 0 Å². The molecule has 2 rings (SSSR count). The number of hydrogen-bond donors (Lipinski definition) is 0. The van der Waals surface area contributed by atoms with Crippen LogP contribution in [-0.4, -0.2) is 56.2 Å². The van der Waals surface area contributed by atoms with Crippen LogP contribution in [0.2, 0.25) is 0 Å². The van der Waals surface area contributed by atoms with Gasteiger partial charge in [-0.3, -0.25) is 0 Å². The van der Waals surface area contributed by atoms with Gasteiger partial charge in [0.2, 0.25) is 0 Å². The number of rotatable bonds is 7. The lowest BCUT2D eigenvalue weighted by Crippen LogP contribution is -2.44. The first-order chi connectivity index (χ1) is 10.2. The molecular formula is C18H30N2O. The van der Waals surface area contributed by atoms with Gasteiger partial charge < -0.3 is 14.5 Å². The van der Waals surface area contributed by atoms with Crippen molar-refractivity contribution in [1.82, 2.24) is 9.80 Å². The zero-order valence-electron chi connectivity index (χ0n) is 13.8. The van der Waals surface area contributed by atoms with Crippen molar-refractivity contribution in [2.24, 2.45) is 0 Å². The summed E-state index contributed by atoms with van der Waals surface area (Å²) in [5.74, 6) is 1.64. The van der Waals surface area contributed by atoms with E-state index in [1.807, 2.05) is 0 Å². The Morgan fingerprint density at radius 3 is 2.57 bits per heavy atom. The summed E-state index contributed by atoms with van der Waals surface area (Å²) in [7, 11) is 2.20. The molecule has 0 amide bonds. The molecule has 0 N–H and O–H groups in total. The summed E-state index contributed by atoms with van der Waals surface area (Å²) in [5, 5.41) is 0. The lowest BCUT2D eigenvalue weighted by atomic mass is 9.98. The number of para-hydroxylation sites is 1. The second-order valence-electron chi connectivity index (χ2n) is 6.19. The first kappa shape index (κ1) is 16.3. The minimum Gasteiger partial charge on any atom is -0.493 e. The maximum Gasteiger partial charge on any atom is 0.122 e. The van der Waals surface area contributed by atoms with Crippen LogP contribution in [0.3, 0.4) is 0 Å². The van der Waals surface area contributed by atoms with Crippen molar-refractivity contribution in [3.05, 3.63) is 29.8 Å². The Morgan fingerprint density at radius 1 is 1.14 bits per heavy atom. The predicted octanol–water partition coefficient (Wildman–Crippen LogP) is 3.22. The molecule has 0 unspecified atom stereocenters. The summed E-state index contributed by atoms with van der Waals surface area (Å²) < 4.78 is 6.04.